The van der Waals surface area contributed by atoms with E-state index in [0.717, 1.165) is 42.4 Å². The monoisotopic (exact) mass is 249 g/mol. The van der Waals surface area contributed by atoms with Crippen LogP contribution in [0.5, 0.6) is 5.75 Å². The molecule has 5 heteroatoms. The van der Waals surface area contributed by atoms with E-state index in [-0.39, 0.29) is 11.4 Å². The second-order valence-corrected chi connectivity index (χ2v) is 4.55. The predicted octanol–water partition coefficient (Wildman–Crippen LogP) is 2.71. The summed E-state index contributed by atoms with van der Waals surface area (Å²) in [5.74, 6) is -0.426. The topological polar surface area (TPSA) is 69.4 Å². The third-order valence-corrected chi connectivity index (χ3v) is 3.29. The summed E-state index contributed by atoms with van der Waals surface area (Å²) in [4.78, 5) is 21.6. The molecule has 0 atom stereocenters. The van der Waals surface area contributed by atoms with Crippen LogP contribution in [0, 0.1) is 17.0 Å². The number of carbonyl (C=O) groups is 1. The van der Waals surface area contributed by atoms with E-state index in [1.165, 1.54) is 6.92 Å². The van der Waals surface area contributed by atoms with Crippen LogP contribution in [-0.4, -0.2) is 10.9 Å². The van der Waals surface area contributed by atoms with Crippen molar-refractivity contribution >= 4 is 11.7 Å². The highest BCUT2D eigenvalue weighted by Crippen LogP contribution is 2.38. The Labute approximate surface area is 105 Å². The molecule has 0 radical (unpaired) electrons. The van der Waals surface area contributed by atoms with E-state index in [2.05, 4.69) is 0 Å². The van der Waals surface area contributed by atoms with Gasteiger partial charge in [-0.05, 0) is 43.7 Å². The fourth-order valence-electron chi connectivity index (χ4n) is 2.48. The number of hydrogen-bond acceptors (Lipinski definition) is 4. The molecule has 0 aliphatic heterocycles. The van der Waals surface area contributed by atoms with Crippen LogP contribution in [0.25, 0.3) is 0 Å². The average Bonchev–Trinajstić information content (AvgIpc) is 2.32. The van der Waals surface area contributed by atoms with Gasteiger partial charge in [0.25, 0.3) is 0 Å². The minimum atomic E-state index is -0.531. The highest BCUT2D eigenvalue weighted by molar-refractivity contribution is 5.73. The Morgan fingerprint density at radius 2 is 2.06 bits per heavy atom. The summed E-state index contributed by atoms with van der Waals surface area (Å²) >= 11 is 0. The summed E-state index contributed by atoms with van der Waals surface area (Å²) in [5.41, 5.74) is 2.74. The van der Waals surface area contributed by atoms with Crippen molar-refractivity contribution in [3.05, 3.63) is 32.9 Å². The van der Waals surface area contributed by atoms with Gasteiger partial charge in [-0.2, -0.15) is 0 Å². The van der Waals surface area contributed by atoms with Crippen LogP contribution < -0.4 is 4.74 Å². The standard InChI is InChI=1S/C13H15NO4/c1-8-11-6-4-3-5-10(11)7-12(14(16)17)13(8)18-9(2)15/h7H,3-6H2,1-2H3. The van der Waals surface area contributed by atoms with Crippen molar-refractivity contribution < 1.29 is 14.5 Å². The Bertz CT molecular complexity index is 522. The van der Waals surface area contributed by atoms with Crippen LogP contribution in [0.4, 0.5) is 5.69 Å². The second kappa shape index (κ2) is 4.76. The maximum absolute atomic E-state index is 11.1. The van der Waals surface area contributed by atoms with Gasteiger partial charge in [0.05, 0.1) is 4.92 Å². The van der Waals surface area contributed by atoms with Gasteiger partial charge in [-0.25, -0.2) is 0 Å². The van der Waals surface area contributed by atoms with E-state index in [1.54, 1.807) is 13.0 Å². The molecule has 0 aromatic heterocycles. The number of fused-ring (bicyclic) bond motifs is 1. The fraction of sp³-hybridized carbons (Fsp3) is 0.462. The maximum Gasteiger partial charge on any atom is 0.312 e. The Balaban J connectivity index is 2.61. The molecule has 0 spiro atoms. The van der Waals surface area contributed by atoms with Crippen molar-refractivity contribution in [3.8, 4) is 5.75 Å². The maximum atomic E-state index is 11.1. The zero-order chi connectivity index (χ0) is 13.3. The van der Waals surface area contributed by atoms with Crippen molar-refractivity contribution in [1.82, 2.24) is 0 Å². The van der Waals surface area contributed by atoms with Crippen LogP contribution >= 0.6 is 0 Å². The van der Waals surface area contributed by atoms with Gasteiger partial charge in [0.1, 0.15) is 0 Å². The number of benzene rings is 1. The van der Waals surface area contributed by atoms with Crippen molar-refractivity contribution in [2.24, 2.45) is 0 Å². The first kappa shape index (κ1) is 12.5. The summed E-state index contributed by atoms with van der Waals surface area (Å²) in [6.45, 7) is 3.04. The van der Waals surface area contributed by atoms with E-state index in [0.29, 0.717) is 0 Å². The highest BCUT2D eigenvalue weighted by Gasteiger charge is 2.25. The predicted molar refractivity (Wildman–Crippen MR) is 65.8 cm³/mol. The number of aryl methyl sites for hydroxylation is 1. The SMILES string of the molecule is CC(=O)Oc1c([N+](=O)[O-])cc2c(c1C)CCCC2. The Morgan fingerprint density at radius 1 is 1.39 bits per heavy atom. The van der Waals surface area contributed by atoms with Crippen molar-refractivity contribution in [1.29, 1.82) is 0 Å². The zero-order valence-electron chi connectivity index (χ0n) is 10.5. The normalized spacial score (nSPS) is 13.9. The van der Waals surface area contributed by atoms with E-state index >= 15 is 0 Å². The third-order valence-electron chi connectivity index (χ3n) is 3.29. The van der Waals surface area contributed by atoms with Gasteiger partial charge in [-0.15, -0.1) is 0 Å². The second-order valence-electron chi connectivity index (χ2n) is 4.55. The minimum absolute atomic E-state index is 0.105. The fourth-order valence-corrected chi connectivity index (χ4v) is 2.48. The molecule has 0 saturated carbocycles. The van der Waals surface area contributed by atoms with Gasteiger partial charge in [0, 0.05) is 18.6 Å². The quantitative estimate of drug-likeness (QED) is 0.350. The van der Waals surface area contributed by atoms with Gasteiger partial charge in [0.2, 0.25) is 5.75 Å². The molecule has 0 amide bonds. The van der Waals surface area contributed by atoms with E-state index in [9.17, 15) is 14.9 Å². The summed E-state index contributed by atoms with van der Waals surface area (Å²) in [6, 6.07) is 1.56. The molecule has 1 aromatic carbocycles. The van der Waals surface area contributed by atoms with Crippen LogP contribution in [0.15, 0.2) is 6.07 Å². The molecule has 5 nitrogen and oxygen atoms in total. The van der Waals surface area contributed by atoms with E-state index in [4.69, 9.17) is 4.74 Å². The first-order chi connectivity index (χ1) is 8.50. The molecule has 0 unspecified atom stereocenters. The molecule has 1 aliphatic carbocycles. The van der Waals surface area contributed by atoms with E-state index in [1.807, 2.05) is 0 Å². The number of rotatable bonds is 2. The molecule has 2 rings (SSSR count). The third kappa shape index (κ3) is 2.20. The lowest BCUT2D eigenvalue weighted by Gasteiger charge is -2.19. The molecule has 0 fully saturated rings. The zero-order valence-corrected chi connectivity index (χ0v) is 10.5. The molecule has 1 aliphatic rings. The lowest BCUT2D eigenvalue weighted by Crippen LogP contribution is -2.11. The van der Waals surface area contributed by atoms with Crippen LogP contribution in [0.3, 0.4) is 0 Å². The largest absolute Gasteiger partial charge is 0.419 e. The lowest BCUT2D eigenvalue weighted by molar-refractivity contribution is -0.385. The summed E-state index contributed by atoms with van der Waals surface area (Å²) in [5, 5.41) is 11.1. The van der Waals surface area contributed by atoms with Crippen LogP contribution in [0.1, 0.15) is 36.5 Å². The highest BCUT2D eigenvalue weighted by atomic mass is 16.6. The van der Waals surface area contributed by atoms with Gasteiger partial charge in [0.15, 0.2) is 0 Å². The molecule has 0 saturated heterocycles. The van der Waals surface area contributed by atoms with E-state index < -0.39 is 10.9 Å². The lowest BCUT2D eigenvalue weighted by atomic mass is 9.87. The number of esters is 1. The molecule has 0 bridgehead atoms. The molecule has 0 heterocycles. The number of nitro groups is 1. The van der Waals surface area contributed by atoms with Gasteiger partial charge in [-0.1, -0.05) is 0 Å². The summed E-state index contributed by atoms with van der Waals surface area (Å²) in [6.07, 6.45) is 3.88. The van der Waals surface area contributed by atoms with Gasteiger partial charge in [-0.3, -0.25) is 14.9 Å². The minimum Gasteiger partial charge on any atom is -0.419 e. The molecule has 1 aromatic rings. The number of ether oxygens (including phenoxy) is 1. The Hall–Kier alpha value is -1.91. The van der Waals surface area contributed by atoms with Crippen LogP contribution in [0.2, 0.25) is 0 Å². The number of nitro benzene ring substituents is 1. The molecule has 96 valence electrons. The van der Waals surface area contributed by atoms with Crippen molar-refractivity contribution in [2.45, 2.75) is 39.5 Å². The first-order valence-electron chi connectivity index (χ1n) is 5.99. The average molecular weight is 249 g/mol. The summed E-state index contributed by atoms with van der Waals surface area (Å²) < 4.78 is 5.02. The molecular formula is C13H15NO4. The number of hydrogen-bond donors (Lipinski definition) is 0. The number of nitrogens with zero attached hydrogens (tertiary/aromatic N) is 1. The van der Waals surface area contributed by atoms with Crippen molar-refractivity contribution in [3.63, 3.8) is 0 Å². The molecule has 18 heavy (non-hydrogen) atoms. The summed E-state index contributed by atoms with van der Waals surface area (Å²) in [7, 11) is 0. The van der Waals surface area contributed by atoms with Gasteiger partial charge >= 0.3 is 11.7 Å². The van der Waals surface area contributed by atoms with Crippen molar-refractivity contribution in [2.75, 3.05) is 0 Å². The Kier molecular flexibility index (Phi) is 3.32. The smallest absolute Gasteiger partial charge is 0.312 e. The first-order valence-corrected chi connectivity index (χ1v) is 5.99. The molecule has 0 N–H and O–H groups in total. The van der Waals surface area contributed by atoms with Crippen LogP contribution in [-0.2, 0) is 17.6 Å². The van der Waals surface area contributed by atoms with Gasteiger partial charge < -0.3 is 4.74 Å². The molecular weight excluding hydrogens is 234 g/mol. The number of carbonyl (C=O) groups excluding carboxylic acids is 1. The Morgan fingerprint density at radius 3 is 2.67 bits per heavy atom.